The van der Waals surface area contributed by atoms with Gasteiger partial charge in [-0.25, -0.2) is 0 Å². The topological polar surface area (TPSA) is 20.2 Å². The Labute approximate surface area is 74.5 Å². The van der Waals surface area contributed by atoms with Gasteiger partial charge in [0.15, 0.2) is 0 Å². The lowest BCUT2D eigenvalue weighted by molar-refractivity contribution is 0.111. The summed E-state index contributed by atoms with van der Waals surface area (Å²) >= 11 is 0. The summed E-state index contributed by atoms with van der Waals surface area (Å²) in [6.45, 7) is 10.8. The van der Waals surface area contributed by atoms with Crippen molar-refractivity contribution in [2.75, 3.05) is 0 Å². The van der Waals surface area contributed by atoms with E-state index in [1.165, 1.54) is 12.8 Å². The van der Waals surface area contributed by atoms with Crippen molar-refractivity contribution in [3.05, 3.63) is 12.2 Å². The van der Waals surface area contributed by atoms with E-state index in [9.17, 15) is 5.11 Å². The van der Waals surface area contributed by atoms with Gasteiger partial charge < -0.3 is 5.11 Å². The van der Waals surface area contributed by atoms with Crippen molar-refractivity contribution in [2.45, 2.75) is 39.7 Å². The van der Waals surface area contributed by atoms with Gasteiger partial charge in [-0.05, 0) is 35.2 Å². The Morgan fingerprint density at radius 1 is 1.42 bits per heavy atom. The lowest BCUT2D eigenvalue weighted by Crippen LogP contribution is -2.27. The van der Waals surface area contributed by atoms with Crippen LogP contribution in [-0.2, 0) is 0 Å². The molecule has 0 saturated heterocycles. The predicted octanol–water partition coefficient (Wildman–Crippen LogP) is 2.36. The first-order chi connectivity index (χ1) is 5.41. The molecule has 0 aromatic rings. The van der Waals surface area contributed by atoms with E-state index in [0.29, 0.717) is 5.92 Å². The van der Waals surface area contributed by atoms with E-state index in [0.717, 1.165) is 5.57 Å². The van der Waals surface area contributed by atoms with E-state index in [2.05, 4.69) is 27.4 Å². The molecule has 2 aliphatic rings. The highest BCUT2D eigenvalue weighted by Crippen LogP contribution is 2.67. The molecule has 12 heavy (non-hydrogen) atoms. The number of hydrogen-bond donors (Lipinski definition) is 1. The fraction of sp³-hybridized carbons (Fsp3) is 0.818. The standard InChI is InChI=1S/C11H18O/c1-7-9(12)8-5-6-11(7,4)10(8,2)3/h8-9,12H,1,5-6H2,2-4H3. The maximum absolute atomic E-state index is 9.89. The minimum Gasteiger partial charge on any atom is -0.388 e. The summed E-state index contributed by atoms with van der Waals surface area (Å²) < 4.78 is 0. The second kappa shape index (κ2) is 1.95. The predicted molar refractivity (Wildman–Crippen MR) is 49.8 cm³/mol. The molecule has 0 amide bonds. The van der Waals surface area contributed by atoms with Gasteiger partial charge in [-0.2, -0.15) is 0 Å². The van der Waals surface area contributed by atoms with Crippen molar-refractivity contribution in [1.29, 1.82) is 0 Å². The number of fused-ring (bicyclic) bond motifs is 2. The molecule has 0 aliphatic heterocycles. The Kier molecular flexibility index (Phi) is 1.35. The van der Waals surface area contributed by atoms with Crippen molar-refractivity contribution in [3.8, 4) is 0 Å². The molecule has 2 saturated carbocycles. The molecule has 0 spiro atoms. The van der Waals surface area contributed by atoms with E-state index >= 15 is 0 Å². The van der Waals surface area contributed by atoms with Gasteiger partial charge in [0.2, 0.25) is 0 Å². The van der Waals surface area contributed by atoms with E-state index < -0.39 is 0 Å². The molecular formula is C11H18O. The van der Waals surface area contributed by atoms with Crippen LogP contribution in [0.5, 0.6) is 0 Å². The minimum absolute atomic E-state index is 0.192. The first kappa shape index (κ1) is 8.31. The average Bonchev–Trinajstić information content (AvgIpc) is 2.26. The fourth-order valence-electron chi connectivity index (χ4n) is 3.23. The van der Waals surface area contributed by atoms with Crippen LogP contribution in [0, 0.1) is 16.7 Å². The molecule has 2 bridgehead atoms. The van der Waals surface area contributed by atoms with Gasteiger partial charge in [-0.15, -0.1) is 0 Å². The van der Waals surface area contributed by atoms with Gasteiger partial charge >= 0.3 is 0 Å². The van der Waals surface area contributed by atoms with Crippen LogP contribution in [0.3, 0.4) is 0 Å². The van der Waals surface area contributed by atoms with Gasteiger partial charge in [0.25, 0.3) is 0 Å². The number of aliphatic hydroxyl groups excluding tert-OH is 1. The van der Waals surface area contributed by atoms with Crippen molar-refractivity contribution >= 4 is 0 Å². The summed E-state index contributed by atoms with van der Waals surface area (Å²) in [7, 11) is 0. The van der Waals surface area contributed by atoms with Crippen molar-refractivity contribution in [2.24, 2.45) is 16.7 Å². The Bertz CT molecular complexity index is 241. The molecule has 1 nitrogen and oxygen atoms in total. The van der Waals surface area contributed by atoms with Crippen LogP contribution in [0.4, 0.5) is 0 Å². The highest BCUT2D eigenvalue weighted by molar-refractivity contribution is 5.31. The van der Waals surface area contributed by atoms with Crippen LogP contribution in [0.2, 0.25) is 0 Å². The van der Waals surface area contributed by atoms with E-state index in [-0.39, 0.29) is 16.9 Å². The summed E-state index contributed by atoms with van der Waals surface area (Å²) in [5, 5.41) is 9.89. The van der Waals surface area contributed by atoms with Crippen molar-refractivity contribution < 1.29 is 5.11 Å². The molecule has 3 unspecified atom stereocenters. The first-order valence-corrected chi connectivity index (χ1v) is 4.78. The number of aliphatic hydroxyl groups is 1. The first-order valence-electron chi connectivity index (χ1n) is 4.78. The van der Waals surface area contributed by atoms with E-state index in [1.54, 1.807) is 0 Å². The third kappa shape index (κ3) is 0.610. The third-order valence-corrected chi connectivity index (χ3v) is 4.75. The van der Waals surface area contributed by atoms with Crippen LogP contribution in [0.1, 0.15) is 33.6 Å². The quantitative estimate of drug-likeness (QED) is 0.548. The van der Waals surface area contributed by atoms with Gasteiger partial charge in [0.05, 0.1) is 6.10 Å². The smallest absolute Gasteiger partial charge is 0.0786 e. The zero-order valence-corrected chi connectivity index (χ0v) is 8.22. The Hall–Kier alpha value is -0.300. The van der Waals surface area contributed by atoms with Crippen LogP contribution >= 0.6 is 0 Å². The molecule has 2 fully saturated rings. The number of hydrogen-bond acceptors (Lipinski definition) is 1. The largest absolute Gasteiger partial charge is 0.388 e. The molecule has 0 radical (unpaired) electrons. The second-order valence-corrected chi connectivity index (χ2v) is 5.17. The highest BCUT2D eigenvalue weighted by atomic mass is 16.3. The lowest BCUT2D eigenvalue weighted by Gasteiger charge is -2.34. The normalized spacial score (nSPS) is 50.2. The zero-order valence-electron chi connectivity index (χ0n) is 8.22. The van der Waals surface area contributed by atoms with Gasteiger partial charge in [-0.3, -0.25) is 0 Å². The van der Waals surface area contributed by atoms with E-state index in [4.69, 9.17) is 0 Å². The van der Waals surface area contributed by atoms with Crippen LogP contribution in [0.25, 0.3) is 0 Å². The highest BCUT2D eigenvalue weighted by Gasteiger charge is 2.62. The molecule has 3 atom stereocenters. The van der Waals surface area contributed by atoms with Crippen LogP contribution < -0.4 is 0 Å². The Morgan fingerprint density at radius 2 is 2.00 bits per heavy atom. The van der Waals surface area contributed by atoms with Crippen molar-refractivity contribution in [3.63, 3.8) is 0 Å². The summed E-state index contributed by atoms with van der Waals surface area (Å²) in [6.07, 6.45) is 2.14. The SMILES string of the molecule is C=C1C(O)C2CCC1(C)C2(C)C. The Morgan fingerprint density at radius 3 is 2.25 bits per heavy atom. The van der Waals surface area contributed by atoms with Gasteiger partial charge in [0, 0.05) is 0 Å². The lowest BCUT2D eigenvalue weighted by atomic mass is 9.69. The maximum atomic E-state index is 9.89. The maximum Gasteiger partial charge on any atom is 0.0786 e. The molecule has 68 valence electrons. The van der Waals surface area contributed by atoms with Crippen molar-refractivity contribution in [1.82, 2.24) is 0 Å². The van der Waals surface area contributed by atoms with E-state index in [1.807, 2.05) is 0 Å². The number of rotatable bonds is 0. The molecule has 0 aromatic carbocycles. The molecular weight excluding hydrogens is 148 g/mol. The third-order valence-electron chi connectivity index (χ3n) is 4.75. The fourth-order valence-corrected chi connectivity index (χ4v) is 3.23. The monoisotopic (exact) mass is 166 g/mol. The molecule has 0 aromatic heterocycles. The second-order valence-electron chi connectivity index (χ2n) is 5.17. The molecule has 2 rings (SSSR count). The van der Waals surface area contributed by atoms with Crippen LogP contribution in [-0.4, -0.2) is 11.2 Å². The molecule has 2 aliphatic carbocycles. The average molecular weight is 166 g/mol. The summed E-state index contributed by atoms with van der Waals surface area (Å²) in [5.41, 5.74) is 1.52. The molecule has 1 heteroatoms. The summed E-state index contributed by atoms with van der Waals surface area (Å²) in [5.74, 6) is 0.454. The minimum atomic E-state index is -0.237. The summed E-state index contributed by atoms with van der Waals surface area (Å²) in [6, 6.07) is 0. The summed E-state index contributed by atoms with van der Waals surface area (Å²) in [4.78, 5) is 0. The molecule has 1 N–H and O–H groups in total. The zero-order chi connectivity index (χ0) is 9.15. The Balaban J connectivity index is 2.50. The van der Waals surface area contributed by atoms with Gasteiger partial charge in [0.1, 0.15) is 0 Å². The molecule has 0 heterocycles. The van der Waals surface area contributed by atoms with Crippen LogP contribution in [0.15, 0.2) is 12.2 Å². The van der Waals surface area contributed by atoms with Gasteiger partial charge in [-0.1, -0.05) is 27.4 Å².